The zero-order valence-electron chi connectivity index (χ0n) is 14.0. The van der Waals surface area contributed by atoms with E-state index in [1.54, 1.807) is 0 Å². The molecule has 0 bridgehead atoms. The number of para-hydroxylation sites is 2. The predicted molar refractivity (Wildman–Crippen MR) is 96.3 cm³/mol. The quantitative estimate of drug-likeness (QED) is 0.784. The van der Waals surface area contributed by atoms with Gasteiger partial charge in [-0.25, -0.2) is 4.98 Å². The van der Waals surface area contributed by atoms with Crippen LogP contribution in [0.3, 0.4) is 0 Å². The Hall–Kier alpha value is -2.62. The molecule has 0 saturated heterocycles. The summed E-state index contributed by atoms with van der Waals surface area (Å²) in [4.78, 5) is 17.3. The molecule has 1 heterocycles. The van der Waals surface area contributed by atoms with E-state index >= 15 is 0 Å². The number of hydrogen-bond acceptors (Lipinski definition) is 2. The van der Waals surface area contributed by atoms with Crippen LogP contribution in [0.4, 0.5) is 5.69 Å². The second-order valence-electron chi connectivity index (χ2n) is 6.74. The van der Waals surface area contributed by atoms with Crippen LogP contribution in [-0.4, -0.2) is 15.5 Å². The van der Waals surface area contributed by atoms with Gasteiger partial charge in [-0.2, -0.15) is 0 Å². The van der Waals surface area contributed by atoms with Crippen LogP contribution in [-0.2, 0) is 11.3 Å². The highest BCUT2D eigenvalue weighted by Gasteiger charge is 2.30. The van der Waals surface area contributed by atoms with Crippen LogP contribution in [0, 0.1) is 13.8 Å². The van der Waals surface area contributed by atoms with Crippen molar-refractivity contribution in [2.45, 2.75) is 39.2 Å². The minimum absolute atomic E-state index is 0.00921. The molecule has 1 amide bonds. The van der Waals surface area contributed by atoms with Gasteiger partial charge < -0.3 is 9.88 Å². The van der Waals surface area contributed by atoms with Gasteiger partial charge in [-0.05, 0) is 62.1 Å². The number of fused-ring (bicyclic) bond motifs is 1. The Balaban J connectivity index is 1.61. The molecule has 4 nitrogen and oxygen atoms in total. The maximum absolute atomic E-state index is 12.6. The van der Waals surface area contributed by atoms with Gasteiger partial charge in [0.15, 0.2) is 0 Å². The molecule has 1 aliphatic carbocycles. The van der Waals surface area contributed by atoms with Crippen LogP contribution in [0.25, 0.3) is 11.0 Å². The lowest BCUT2D eigenvalue weighted by atomic mass is 10.1. The number of aromatic nitrogens is 2. The molecule has 0 spiro atoms. The lowest BCUT2D eigenvalue weighted by molar-refractivity contribution is -0.116. The topological polar surface area (TPSA) is 46.9 Å². The van der Waals surface area contributed by atoms with Crippen LogP contribution in [0.2, 0.25) is 0 Å². The van der Waals surface area contributed by atoms with Crippen molar-refractivity contribution in [3.8, 4) is 0 Å². The Labute approximate surface area is 141 Å². The Morgan fingerprint density at radius 1 is 1.17 bits per heavy atom. The van der Waals surface area contributed by atoms with Crippen molar-refractivity contribution in [3.05, 3.63) is 59.4 Å². The smallest absolute Gasteiger partial charge is 0.244 e. The van der Waals surface area contributed by atoms with Crippen molar-refractivity contribution >= 4 is 22.6 Å². The third kappa shape index (κ3) is 2.92. The molecule has 1 aliphatic rings. The highest BCUT2D eigenvalue weighted by Crippen LogP contribution is 2.40. The molecular formula is C20H21N3O. The third-order valence-corrected chi connectivity index (χ3v) is 4.43. The fourth-order valence-corrected chi connectivity index (χ4v) is 3.30. The van der Waals surface area contributed by atoms with Gasteiger partial charge in [-0.3, -0.25) is 4.79 Å². The molecule has 0 atom stereocenters. The highest BCUT2D eigenvalue weighted by molar-refractivity contribution is 5.92. The number of nitrogens with zero attached hydrogens (tertiary/aromatic N) is 2. The number of carbonyl (C=O) groups excluding carboxylic acids is 1. The summed E-state index contributed by atoms with van der Waals surface area (Å²) in [6.07, 6.45) is 2.34. The van der Waals surface area contributed by atoms with Crippen molar-refractivity contribution in [2.24, 2.45) is 0 Å². The molecule has 1 aromatic heterocycles. The van der Waals surface area contributed by atoms with Crippen molar-refractivity contribution in [2.75, 3.05) is 5.32 Å². The maximum atomic E-state index is 12.6. The summed E-state index contributed by atoms with van der Waals surface area (Å²) in [6, 6.07) is 14.1. The minimum Gasteiger partial charge on any atom is -0.325 e. The van der Waals surface area contributed by atoms with Crippen molar-refractivity contribution in [1.82, 2.24) is 9.55 Å². The summed E-state index contributed by atoms with van der Waals surface area (Å²) in [5.74, 6) is 1.54. The molecule has 1 N–H and O–H groups in total. The van der Waals surface area contributed by atoms with Gasteiger partial charge in [0.1, 0.15) is 12.4 Å². The van der Waals surface area contributed by atoms with Crippen LogP contribution >= 0.6 is 0 Å². The second-order valence-corrected chi connectivity index (χ2v) is 6.74. The van der Waals surface area contributed by atoms with E-state index < -0.39 is 0 Å². The summed E-state index contributed by atoms with van der Waals surface area (Å²) in [5, 5.41) is 3.03. The predicted octanol–water partition coefficient (Wildman–Crippen LogP) is 4.17. The molecule has 1 fully saturated rings. The molecule has 2 aromatic carbocycles. The van der Waals surface area contributed by atoms with E-state index in [0.717, 1.165) is 33.7 Å². The number of hydrogen-bond donors (Lipinski definition) is 1. The van der Waals surface area contributed by atoms with Gasteiger partial charge in [-0.1, -0.05) is 18.2 Å². The van der Waals surface area contributed by atoms with Gasteiger partial charge >= 0.3 is 0 Å². The summed E-state index contributed by atoms with van der Waals surface area (Å²) in [6.45, 7) is 4.38. The van der Waals surface area contributed by atoms with Crippen LogP contribution in [0.15, 0.2) is 42.5 Å². The van der Waals surface area contributed by atoms with Gasteiger partial charge in [0.05, 0.1) is 11.0 Å². The molecular weight excluding hydrogens is 298 g/mol. The average Bonchev–Trinajstić information content (AvgIpc) is 3.30. The van der Waals surface area contributed by atoms with E-state index in [0.29, 0.717) is 12.5 Å². The van der Waals surface area contributed by atoms with E-state index in [9.17, 15) is 4.79 Å². The van der Waals surface area contributed by atoms with Crippen molar-refractivity contribution in [1.29, 1.82) is 0 Å². The van der Waals surface area contributed by atoms with E-state index in [2.05, 4.69) is 16.0 Å². The summed E-state index contributed by atoms with van der Waals surface area (Å²) >= 11 is 0. The van der Waals surface area contributed by atoms with E-state index in [-0.39, 0.29) is 5.91 Å². The normalized spacial score (nSPS) is 14.1. The minimum atomic E-state index is -0.00921. The molecule has 24 heavy (non-hydrogen) atoms. The lowest BCUT2D eigenvalue weighted by Crippen LogP contribution is -2.20. The number of aryl methyl sites for hydroxylation is 2. The molecule has 0 radical (unpaired) electrons. The Kier molecular flexibility index (Phi) is 3.60. The summed E-state index contributed by atoms with van der Waals surface area (Å²) in [5.41, 5.74) is 5.16. The van der Waals surface area contributed by atoms with Crippen molar-refractivity contribution in [3.63, 3.8) is 0 Å². The first kappa shape index (κ1) is 14.9. The number of nitrogens with one attached hydrogen (secondary N) is 1. The number of carbonyl (C=O) groups is 1. The fourth-order valence-electron chi connectivity index (χ4n) is 3.30. The Morgan fingerprint density at radius 3 is 2.58 bits per heavy atom. The SMILES string of the molecule is Cc1cc(C)cc(NC(=O)Cn2c(C3CC3)nc3ccccc32)c1. The Bertz CT molecular complexity index is 902. The first-order chi connectivity index (χ1) is 11.6. The van der Waals surface area contributed by atoms with E-state index in [4.69, 9.17) is 4.98 Å². The second kappa shape index (κ2) is 5.78. The zero-order chi connectivity index (χ0) is 16.7. The fraction of sp³-hybridized carbons (Fsp3) is 0.300. The van der Waals surface area contributed by atoms with Crippen molar-refractivity contribution < 1.29 is 4.79 Å². The molecule has 4 rings (SSSR count). The van der Waals surface area contributed by atoms with E-state index in [1.807, 2.05) is 50.2 Å². The molecule has 3 aromatic rings. The highest BCUT2D eigenvalue weighted by atomic mass is 16.1. The lowest BCUT2D eigenvalue weighted by Gasteiger charge is -2.11. The molecule has 0 unspecified atom stereocenters. The molecule has 1 saturated carbocycles. The molecule has 0 aliphatic heterocycles. The zero-order valence-corrected chi connectivity index (χ0v) is 14.0. The third-order valence-electron chi connectivity index (χ3n) is 4.43. The van der Waals surface area contributed by atoms with Crippen LogP contribution < -0.4 is 5.32 Å². The van der Waals surface area contributed by atoms with Gasteiger partial charge in [0, 0.05) is 11.6 Å². The largest absolute Gasteiger partial charge is 0.325 e. The number of amides is 1. The molecule has 122 valence electrons. The first-order valence-corrected chi connectivity index (χ1v) is 8.43. The first-order valence-electron chi connectivity index (χ1n) is 8.43. The molecule has 4 heteroatoms. The van der Waals surface area contributed by atoms with Crippen LogP contribution in [0.1, 0.15) is 35.7 Å². The number of benzene rings is 2. The average molecular weight is 319 g/mol. The standard InChI is InChI=1S/C20H21N3O/c1-13-9-14(2)11-16(10-13)21-19(24)12-23-18-6-4-3-5-17(18)22-20(23)15-7-8-15/h3-6,9-11,15H,7-8,12H2,1-2H3,(H,21,24). The summed E-state index contributed by atoms with van der Waals surface area (Å²) in [7, 11) is 0. The van der Waals surface area contributed by atoms with Gasteiger partial charge in [0.2, 0.25) is 5.91 Å². The maximum Gasteiger partial charge on any atom is 0.244 e. The number of imidazole rings is 1. The Morgan fingerprint density at radius 2 is 1.88 bits per heavy atom. The van der Waals surface area contributed by atoms with Crippen LogP contribution in [0.5, 0.6) is 0 Å². The summed E-state index contributed by atoms with van der Waals surface area (Å²) < 4.78 is 2.07. The van der Waals surface area contributed by atoms with E-state index in [1.165, 1.54) is 12.8 Å². The number of anilines is 1. The number of rotatable bonds is 4. The van der Waals surface area contributed by atoms with Gasteiger partial charge in [0.25, 0.3) is 0 Å². The van der Waals surface area contributed by atoms with Gasteiger partial charge in [-0.15, -0.1) is 0 Å². The monoisotopic (exact) mass is 319 g/mol.